The molecule has 1 aliphatic heterocycles. The van der Waals surface area contributed by atoms with Crippen molar-refractivity contribution in [3.05, 3.63) is 36.2 Å². The molecule has 1 atom stereocenters. The van der Waals surface area contributed by atoms with Gasteiger partial charge in [-0.05, 0) is 37.1 Å². The van der Waals surface area contributed by atoms with Gasteiger partial charge in [0.2, 0.25) is 0 Å². The summed E-state index contributed by atoms with van der Waals surface area (Å²) in [6.45, 7) is 12.6. The van der Waals surface area contributed by atoms with Gasteiger partial charge in [-0.25, -0.2) is 4.98 Å². The number of hydrogen-bond donors (Lipinski definition) is 0. The van der Waals surface area contributed by atoms with Crippen LogP contribution in [0, 0.1) is 0 Å². The molecule has 4 rings (SSSR count). The zero-order valence-electron chi connectivity index (χ0n) is 19.6. The molecule has 1 fully saturated rings. The predicted octanol–water partition coefficient (Wildman–Crippen LogP) is 5.58. The van der Waals surface area contributed by atoms with Gasteiger partial charge in [0, 0.05) is 44.8 Å². The van der Waals surface area contributed by atoms with Gasteiger partial charge in [-0.1, -0.05) is 32.1 Å². The van der Waals surface area contributed by atoms with Gasteiger partial charge in [-0.2, -0.15) is 5.10 Å². The highest BCUT2D eigenvalue weighted by Crippen LogP contribution is 2.32. The average Bonchev–Trinajstić information content (AvgIpc) is 3.23. The van der Waals surface area contributed by atoms with E-state index in [9.17, 15) is 0 Å². The van der Waals surface area contributed by atoms with E-state index >= 15 is 0 Å². The molecule has 0 aromatic carbocycles. The molecule has 3 aromatic rings. The number of ether oxygens (including phenoxy) is 1. The number of aromatic nitrogens is 4. The van der Waals surface area contributed by atoms with Crippen molar-refractivity contribution >= 4 is 36.4 Å². The normalized spacial score (nSPS) is 17.3. The Kier molecular flexibility index (Phi) is 7.17. The topological polar surface area (TPSA) is 56.1 Å². The van der Waals surface area contributed by atoms with Crippen LogP contribution in [-0.4, -0.2) is 53.6 Å². The summed E-state index contributed by atoms with van der Waals surface area (Å²) in [5, 5.41) is 5.66. The molecule has 0 N–H and O–H groups in total. The average molecular weight is 472 g/mol. The van der Waals surface area contributed by atoms with Crippen LogP contribution in [0.25, 0.3) is 22.3 Å². The number of anilines is 1. The number of unbranched alkanes of at least 4 members (excludes halogenated alkanes) is 1. The summed E-state index contributed by atoms with van der Waals surface area (Å²) in [5.41, 5.74) is 3.86. The summed E-state index contributed by atoms with van der Waals surface area (Å²) in [4.78, 5) is 12.2. The summed E-state index contributed by atoms with van der Waals surface area (Å²) in [6.07, 6.45) is 6.09. The van der Waals surface area contributed by atoms with Crippen molar-refractivity contribution < 1.29 is 4.74 Å². The van der Waals surface area contributed by atoms with Gasteiger partial charge in [0.25, 0.3) is 0 Å². The highest BCUT2D eigenvalue weighted by atomic mass is 35.5. The smallest absolute Gasteiger partial charge is 0.130 e. The molecule has 1 aliphatic rings. The Bertz CT molecular complexity index is 1060. The van der Waals surface area contributed by atoms with Gasteiger partial charge in [-0.3, -0.25) is 9.67 Å². The van der Waals surface area contributed by atoms with Crippen molar-refractivity contribution in [1.82, 2.24) is 19.7 Å². The highest BCUT2D eigenvalue weighted by molar-refractivity contribution is 6.76. The van der Waals surface area contributed by atoms with Gasteiger partial charge < -0.3 is 9.64 Å². The van der Waals surface area contributed by atoms with E-state index in [0.717, 1.165) is 53.2 Å². The molecule has 0 radical (unpaired) electrons. The molecule has 0 unspecified atom stereocenters. The number of rotatable bonds is 8. The highest BCUT2D eigenvalue weighted by Gasteiger charge is 2.23. The van der Waals surface area contributed by atoms with E-state index in [-0.39, 0.29) is 6.04 Å². The molecule has 32 heavy (non-hydrogen) atoms. The van der Waals surface area contributed by atoms with E-state index in [1.807, 2.05) is 24.5 Å². The fourth-order valence-electron chi connectivity index (χ4n) is 4.35. The third-order valence-electron chi connectivity index (χ3n) is 6.11. The van der Waals surface area contributed by atoms with Crippen LogP contribution < -0.4 is 4.90 Å². The largest absolute Gasteiger partial charge is 0.377 e. The molecular weight excluding hydrogens is 438 g/mol. The van der Waals surface area contributed by atoms with E-state index < -0.39 is 8.07 Å². The maximum Gasteiger partial charge on any atom is 0.130 e. The summed E-state index contributed by atoms with van der Waals surface area (Å²) in [6, 6.07) is 7.80. The van der Waals surface area contributed by atoms with Gasteiger partial charge in [-0.15, -0.1) is 11.6 Å². The maximum absolute atomic E-state index is 6.38. The number of aryl methyl sites for hydroxylation is 1. The molecule has 0 amide bonds. The number of nitrogens with zero attached hydrogens (tertiary/aromatic N) is 5. The molecular formula is C24H34ClN5OSi. The lowest BCUT2D eigenvalue weighted by molar-refractivity contribution is 0.0985. The first kappa shape index (κ1) is 23.2. The van der Waals surface area contributed by atoms with Gasteiger partial charge in [0.1, 0.15) is 17.0 Å². The number of alkyl halides is 1. The van der Waals surface area contributed by atoms with Crippen molar-refractivity contribution in [1.29, 1.82) is 0 Å². The minimum atomic E-state index is -1.01. The Labute approximate surface area is 197 Å². The molecule has 8 heteroatoms. The Hall–Kier alpha value is -1.96. The molecule has 0 spiro atoms. The molecule has 6 nitrogen and oxygen atoms in total. The summed E-state index contributed by atoms with van der Waals surface area (Å²) in [7, 11) is -1.01. The lowest BCUT2D eigenvalue weighted by atomic mass is 10.1. The molecule has 4 heterocycles. The zero-order chi connectivity index (χ0) is 22.7. The Morgan fingerprint density at radius 3 is 2.78 bits per heavy atom. The third-order valence-corrected chi connectivity index (χ3v) is 8.25. The number of halogens is 1. The lowest BCUT2D eigenvalue weighted by Crippen LogP contribution is -2.44. The van der Waals surface area contributed by atoms with Crippen molar-refractivity contribution in [3.63, 3.8) is 0 Å². The minimum Gasteiger partial charge on any atom is -0.377 e. The van der Waals surface area contributed by atoms with Crippen LogP contribution in [0.5, 0.6) is 0 Å². The number of pyridine rings is 2. The van der Waals surface area contributed by atoms with Crippen molar-refractivity contribution in [2.75, 3.05) is 24.7 Å². The fraction of sp³-hybridized carbons (Fsp3) is 0.542. The van der Waals surface area contributed by atoms with Crippen LogP contribution in [0.4, 0.5) is 5.82 Å². The van der Waals surface area contributed by atoms with E-state index in [4.69, 9.17) is 26.3 Å². The minimum absolute atomic E-state index is 0.272. The van der Waals surface area contributed by atoms with Gasteiger partial charge in [0.05, 0.1) is 24.9 Å². The van der Waals surface area contributed by atoms with Gasteiger partial charge >= 0.3 is 0 Å². The molecule has 0 aliphatic carbocycles. The summed E-state index contributed by atoms with van der Waals surface area (Å²) < 4.78 is 7.71. The van der Waals surface area contributed by atoms with E-state index in [2.05, 4.69) is 47.3 Å². The fourth-order valence-corrected chi connectivity index (χ4v) is 5.88. The second kappa shape index (κ2) is 9.89. The Balaban J connectivity index is 1.69. The zero-order valence-corrected chi connectivity index (χ0v) is 21.4. The van der Waals surface area contributed by atoms with Gasteiger partial charge in [0.15, 0.2) is 0 Å². The van der Waals surface area contributed by atoms with Crippen molar-refractivity contribution in [2.45, 2.75) is 63.9 Å². The number of morpholine rings is 1. The van der Waals surface area contributed by atoms with E-state index in [1.165, 1.54) is 12.5 Å². The summed E-state index contributed by atoms with van der Waals surface area (Å²) >= 11 is 6.38. The Morgan fingerprint density at radius 2 is 2.03 bits per heavy atom. The van der Waals surface area contributed by atoms with Crippen LogP contribution in [0.1, 0.15) is 25.3 Å². The SMILES string of the molecule is C[C@@H]1COCCN1c1cc(CCl)c2ccnc(-c3ccnn3CCCC[Si](C)(C)C)c2n1. The molecule has 0 saturated carbocycles. The van der Waals surface area contributed by atoms with Crippen LogP contribution >= 0.6 is 11.6 Å². The third kappa shape index (κ3) is 5.16. The van der Waals surface area contributed by atoms with Crippen LogP contribution in [0.2, 0.25) is 25.7 Å². The van der Waals surface area contributed by atoms with E-state index in [1.54, 1.807) is 0 Å². The van der Waals surface area contributed by atoms with Crippen molar-refractivity contribution in [3.8, 4) is 11.4 Å². The first-order valence-electron chi connectivity index (χ1n) is 11.6. The van der Waals surface area contributed by atoms with Crippen molar-refractivity contribution in [2.24, 2.45) is 0 Å². The second-order valence-corrected chi connectivity index (χ2v) is 15.8. The second-order valence-electron chi connectivity index (χ2n) is 9.90. The number of hydrogen-bond acceptors (Lipinski definition) is 5. The first-order chi connectivity index (χ1) is 15.4. The first-order valence-corrected chi connectivity index (χ1v) is 15.8. The molecule has 0 bridgehead atoms. The Morgan fingerprint density at radius 1 is 1.19 bits per heavy atom. The molecule has 1 saturated heterocycles. The quantitative estimate of drug-likeness (QED) is 0.244. The predicted molar refractivity (Wildman–Crippen MR) is 135 cm³/mol. The molecule has 3 aromatic heterocycles. The lowest BCUT2D eigenvalue weighted by Gasteiger charge is -2.34. The standard InChI is InChI=1S/C24H34ClN5OSi/c1-18-17-31-13-12-29(18)22-15-19(16-25)20-7-9-26-24(23(20)28-22)21-8-10-27-30(21)11-5-6-14-32(2,3)4/h7-10,15,18H,5-6,11-14,16-17H2,1-4H3/t18-/m1/s1. The molecule has 172 valence electrons. The number of fused-ring (bicyclic) bond motifs is 1. The van der Waals surface area contributed by atoms with Crippen LogP contribution in [0.3, 0.4) is 0 Å². The summed E-state index contributed by atoms with van der Waals surface area (Å²) in [5.74, 6) is 1.38. The van der Waals surface area contributed by atoms with E-state index in [0.29, 0.717) is 19.1 Å². The van der Waals surface area contributed by atoms with Crippen LogP contribution in [-0.2, 0) is 17.2 Å². The van der Waals surface area contributed by atoms with Crippen LogP contribution in [0.15, 0.2) is 30.6 Å². The monoisotopic (exact) mass is 471 g/mol. The maximum atomic E-state index is 6.38.